The molecular formula is C17H31N3OS. The second-order valence-corrected chi connectivity index (χ2v) is 6.95. The highest BCUT2D eigenvalue weighted by Crippen LogP contribution is 2.16. The number of nitrogens with one attached hydrogen (secondary N) is 2. The number of hydrogen-bond acceptors (Lipinski definition) is 3. The highest BCUT2D eigenvalue weighted by atomic mass is 32.1. The minimum Gasteiger partial charge on any atom is -0.381 e. The molecule has 0 spiro atoms. The molecule has 0 saturated carbocycles. The summed E-state index contributed by atoms with van der Waals surface area (Å²) in [6.45, 7) is 9.09. The van der Waals surface area contributed by atoms with E-state index in [9.17, 15) is 0 Å². The Labute approximate surface area is 139 Å². The lowest BCUT2D eigenvalue weighted by Gasteiger charge is -2.17. The van der Waals surface area contributed by atoms with Gasteiger partial charge in [0.2, 0.25) is 0 Å². The Hall–Kier alpha value is -1.07. The number of ether oxygens (including phenoxy) is 1. The second kappa shape index (κ2) is 11.5. The summed E-state index contributed by atoms with van der Waals surface area (Å²) in [5.41, 5.74) is 0. The van der Waals surface area contributed by atoms with Crippen molar-refractivity contribution < 1.29 is 4.74 Å². The molecule has 0 saturated heterocycles. The van der Waals surface area contributed by atoms with Crippen LogP contribution in [0.5, 0.6) is 0 Å². The van der Waals surface area contributed by atoms with Crippen LogP contribution in [0, 0.1) is 6.92 Å². The van der Waals surface area contributed by atoms with Gasteiger partial charge in [-0.3, -0.25) is 4.99 Å². The third-order valence-corrected chi connectivity index (χ3v) is 4.33. The van der Waals surface area contributed by atoms with E-state index in [-0.39, 0.29) is 0 Å². The molecule has 1 aromatic heterocycles. The van der Waals surface area contributed by atoms with E-state index < -0.39 is 0 Å². The van der Waals surface area contributed by atoms with Gasteiger partial charge in [0, 0.05) is 49.0 Å². The minimum absolute atomic E-state index is 0.366. The average Bonchev–Trinajstić information content (AvgIpc) is 2.90. The van der Waals surface area contributed by atoms with Crippen molar-refractivity contribution >= 4 is 17.3 Å². The molecule has 1 atom stereocenters. The largest absolute Gasteiger partial charge is 0.381 e. The fraction of sp³-hybridized carbons (Fsp3) is 0.706. The van der Waals surface area contributed by atoms with Gasteiger partial charge in [0.1, 0.15) is 0 Å². The van der Waals surface area contributed by atoms with Gasteiger partial charge >= 0.3 is 0 Å². The molecule has 0 bridgehead atoms. The summed E-state index contributed by atoms with van der Waals surface area (Å²) in [4.78, 5) is 7.06. The standard InChI is InChI=1S/C17H31N3OS/c1-5-6-11-21-12-7-10-19-17(18-4)20-14(2)13-16-9-8-15(3)22-16/h8-9,14H,5-7,10-13H2,1-4H3,(H2,18,19,20). The molecule has 5 heteroatoms. The Morgan fingerprint density at radius 2 is 2.09 bits per heavy atom. The first-order valence-corrected chi connectivity index (χ1v) is 9.07. The smallest absolute Gasteiger partial charge is 0.191 e. The van der Waals surface area contributed by atoms with Crippen molar-refractivity contribution in [1.82, 2.24) is 10.6 Å². The molecule has 0 radical (unpaired) electrons. The molecular weight excluding hydrogens is 294 g/mol. The first-order chi connectivity index (χ1) is 10.7. The average molecular weight is 326 g/mol. The van der Waals surface area contributed by atoms with Gasteiger partial charge in [0.25, 0.3) is 0 Å². The fourth-order valence-corrected chi connectivity index (χ4v) is 3.12. The highest BCUT2D eigenvalue weighted by molar-refractivity contribution is 7.11. The third kappa shape index (κ3) is 8.39. The van der Waals surface area contributed by atoms with Crippen LogP contribution in [0.4, 0.5) is 0 Å². The van der Waals surface area contributed by atoms with E-state index in [1.54, 1.807) is 0 Å². The number of guanidine groups is 1. The maximum Gasteiger partial charge on any atom is 0.191 e. The first-order valence-electron chi connectivity index (χ1n) is 8.26. The molecule has 0 amide bonds. The monoisotopic (exact) mass is 325 g/mol. The molecule has 2 N–H and O–H groups in total. The molecule has 1 rings (SSSR count). The van der Waals surface area contributed by atoms with Crippen molar-refractivity contribution in [2.24, 2.45) is 4.99 Å². The predicted molar refractivity (Wildman–Crippen MR) is 97.1 cm³/mol. The van der Waals surface area contributed by atoms with E-state index in [1.807, 2.05) is 18.4 Å². The second-order valence-electron chi connectivity index (χ2n) is 5.58. The molecule has 22 heavy (non-hydrogen) atoms. The summed E-state index contributed by atoms with van der Waals surface area (Å²) in [5.74, 6) is 0.870. The number of rotatable bonds is 10. The van der Waals surface area contributed by atoms with Crippen molar-refractivity contribution in [1.29, 1.82) is 0 Å². The Morgan fingerprint density at radius 1 is 1.32 bits per heavy atom. The molecule has 1 unspecified atom stereocenters. The fourth-order valence-electron chi connectivity index (χ4n) is 2.11. The summed E-state index contributed by atoms with van der Waals surface area (Å²) in [6, 6.07) is 4.76. The minimum atomic E-state index is 0.366. The summed E-state index contributed by atoms with van der Waals surface area (Å²) < 4.78 is 5.55. The molecule has 0 fully saturated rings. The molecule has 126 valence electrons. The summed E-state index contributed by atoms with van der Waals surface area (Å²) >= 11 is 1.86. The van der Waals surface area contributed by atoms with Gasteiger partial charge < -0.3 is 15.4 Å². The van der Waals surface area contributed by atoms with E-state index in [1.165, 1.54) is 16.2 Å². The van der Waals surface area contributed by atoms with Crippen LogP contribution in [0.3, 0.4) is 0 Å². The van der Waals surface area contributed by atoms with E-state index >= 15 is 0 Å². The van der Waals surface area contributed by atoms with Crippen LogP contribution in [-0.4, -0.2) is 38.8 Å². The third-order valence-electron chi connectivity index (χ3n) is 3.31. The van der Waals surface area contributed by atoms with E-state index in [4.69, 9.17) is 4.74 Å². The molecule has 0 aliphatic heterocycles. The lowest BCUT2D eigenvalue weighted by molar-refractivity contribution is 0.129. The SMILES string of the molecule is CCCCOCCCNC(=NC)NC(C)Cc1ccc(C)s1. The van der Waals surface area contributed by atoms with E-state index in [0.29, 0.717) is 6.04 Å². The normalized spacial score (nSPS) is 13.2. The number of unbranched alkanes of at least 4 members (excludes halogenated alkanes) is 1. The van der Waals surface area contributed by atoms with Gasteiger partial charge in [-0.2, -0.15) is 0 Å². The van der Waals surface area contributed by atoms with Crippen LogP contribution in [-0.2, 0) is 11.2 Å². The molecule has 1 heterocycles. The molecule has 0 aliphatic carbocycles. The Balaban J connectivity index is 2.16. The number of nitrogens with zero attached hydrogens (tertiary/aromatic N) is 1. The number of thiophene rings is 1. The Bertz CT molecular complexity index is 431. The van der Waals surface area contributed by atoms with Crippen LogP contribution in [0.15, 0.2) is 17.1 Å². The van der Waals surface area contributed by atoms with Crippen molar-refractivity contribution in [2.45, 2.75) is 52.5 Å². The van der Waals surface area contributed by atoms with Gasteiger partial charge in [-0.05, 0) is 38.8 Å². The molecule has 4 nitrogen and oxygen atoms in total. The lowest BCUT2D eigenvalue weighted by Crippen LogP contribution is -2.43. The van der Waals surface area contributed by atoms with Gasteiger partial charge in [-0.15, -0.1) is 11.3 Å². The van der Waals surface area contributed by atoms with Gasteiger partial charge in [-0.25, -0.2) is 0 Å². The van der Waals surface area contributed by atoms with Gasteiger partial charge in [0.05, 0.1) is 0 Å². The van der Waals surface area contributed by atoms with Crippen LogP contribution in [0.25, 0.3) is 0 Å². The molecule has 1 aromatic rings. The Morgan fingerprint density at radius 3 is 2.73 bits per heavy atom. The van der Waals surface area contributed by atoms with Crippen molar-refractivity contribution in [3.8, 4) is 0 Å². The zero-order chi connectivity index (χ0) is 16.2. The highest BCUT2D eigenvalue weighted by Gasteiger charge is 2.07. The predicted octanol–water partition coefficient (Wildman–Crippen LogP) is 3.36. The van der Waals surface area contributed by atoms with Crippen molar-refractivity contribution in [3.63, 3.8) is 0 Å². The van der Waals surface area contributed by atoms with Crippen LogP contribution in [0.2, 0.25) is 0 Å². The quantitative estimate of drug-likeness (QED) is 0.394. The number of aryl methyl sites for hydroxylation is 1. The number of aliphatic imine (C=N–C) groups is 1. The Kier molecular flexibility index (Phi) is 9.91. The van der Waals surface area contributed by atoms with Crippen molar-refractivity contribution in [2.75, 3.05) is 26.8 Å². The topological polar surface area (TPSA) is 45.6 Å². The van der Waals surface area contributed by atoms with Crippen LogP contribution in [0.1, 0.15) is 42.9 Å². The maximum atomic E-state index is 5.55. The maximum absolute atomic E-state index is 5.55. The lowest BCUT2D eigenvalue weighted by atomic mass is 10.2. The summed E-state index contributed by atoms with van der Waals surface area (Å²) in [7, 11) is 1.81. The van der Waals surface area contributed by atoms with Gasteiger partial charge in [0.15, 0.2) is 5.96 Å². The first kappa shape index (κ1) is 19.0. The van der Waals surface area contributed by atoms with E-state index in [2.05, 4.69) is 48.5 Å². The van der Waals surface area contributed by atoms with Crippen LogP contribution < -0.4 is 10.6 Å². The number of hydrogen-bond donors (Lipinski definition) is 2. The summed E-state index contributed by atoms with van der Waals surface area (Å²) in [6.07, 6.45) is 4.37. The zero-order valence-electron chi connectivity index (χ0n) is 14.4. The summed E-state index contributed by atoms with van der Waals surface area (Å²) in [5, 5.41) is 6.78. The van der Waals surface area contributed by atoms with Gasteiger partial charge in [-0.1, -0.05) is 13.3 Å². The molecule has 0 aliphatic rings. The zero-order valence-corrected chi connectivity index (χ0v) is 15.3. The van der Waals surface area contributed by atoms with Crippen LogP contribution >= 0.6 is 11.3 Å². The van der Waals surface area contributed by atoms with Crippen molar-refractivity contribution in [3.05, 3.63) is 21.9 Å². The molecule has 0 aromatic carbocycles. The van der Waals surface area contributed by atoms with E-state index in [0.717, 1.165) is 45.0 Å².